The summed E-state index contributed by atoms with van der Waals surface area (Å²) < 4.78 is 5.11. The van der Waals surface area contributed by atoms with Crippen LogP contribution in [0.2, 0.25) is 0 Å². The van der Waals surface area contributed by atoms with Crippen LogP contribution in [-0.4, -0.2) is 69.8 Å². The Bertz CT molecular complexity index is 613. The predicted molar refractivity (Wildman–Crippen MR) is 80.2 cm³/mol. The normalized spacial score (nSPS) is 15.9. The van der Waals surface area contributed by atoms with Crippen molar-refractivity contribution in [2.45, 2.75) is 20.0 Å². The Balaban J connectivity index is 1.92. The molecule has 1 aromatic rings. The van der Waals surface area contributed by atoms with Crippen LogP contribution < -0.4 is 5.73 Å². The van der Waals surface area contributed by atoms with E-state index >= 15 is 0 Å². The van der Waals surface area contributed by atoms with Gasteiger partial charge in [-0.15, -0.1) is 0 Å². The number of piperazine rings is 1. The fourth-order valence-electron chi connectivity index (χ4n) is 2.27. The lowest BCUT2D eigenvalue weighted by atomic mass is 10.2. The van der Waals surface area contributed by atoms with E-state index < -0.39 is 12.1 Å². The highest BCUT2D eigenvalue weighted by molar-refractivity contribution is 5.94. The fraction of sp³-hybridized carbons (Fsp3) is 0.500. The van der Waals surface area contributed by atoms with E-state index in [4.69, 9.17) is 10.5 Å². The average Bonchev–Trinajstić information content (AvgIpc) is 2.54. The molecule has 1 unspecified atom stereocenters. The summed E-state index contributed by atoms with van der Waals surface area (Å²) in [6.45, 7) is 4.75. The van der Waals surface area contributed by atoms with Gasteiger partial charge in [-0.2, -0.15) is 0 Å². The maximum absolute atomic E-state index is 12.3. The van der Waals surface area contributed by atoms with Crippen molar-refractivity contribution in [1.82, 2.24) is 19.8 Å². The molecule has 0 bridgehead atoms. The van der Waals surface area contributed by atoms with Crippen LogP contribution in [-0.2, 0) is 14.3 Å². The van der Waals surface area contributed by atoms with Gasteiger partial charge in [-0.3, -0.25) is 9.59 Å². The number of anilines is 1. The number of nitrogens with two attached hydrogens (primary N) is 1. The van der Waals surface area contributed by atoms with Gasteiger partial charge in [-0.25, -0.2) is 14.8 Å². The third kappa shape index (κ3) is 3.93. The zero-order valence-electron chi connectivity index (χ0n) is 13.1. The Morgan fingerprint density at radius 1 is 1.13 bits per heavy atom. The van der Waals surface area contributed by atoms with Gasteiger partial charge in [0.25, 0.3) is 5.91 Å². The van der Waals surface area contributed by atoms with Crippen molar-refractivity contribution in [2.24, 2.45) is 0 Å². The molecule has 2 N–H and O–H groups in total. The van der Waals surface area contributed by atoms with Crippen molar-refractivity contribution in [1.29, 1.82) is 0 Å². The molecule has 1 aliphatic heterocycles. The molecule has 0 aromatic carbocycles. The van der Waals surface area contributed by atoms with Gasteiger partial charge in [0.05, 0.1) is 0 Å². The van der Waals surface area contributed by atoms with E-state index in [1.54, 1.807) is 9.80 Å². The monoisotopic (exact) mass is 321 g/mol. The molecule has 23 heavy (non-hydrogen) atoms. The minimum absolute atomic E-state index is 0.0188. The molecule has 0 aliphatic carbocycles. The number of esters is 1. The van der Waals surface area contributed by atoms with E-state index in [9.17, 15) is 14.4 Å². The standard InChI is InChI=1S/C14H19N5O4/c1-9(23-14(22)11-12(15)17-4-3-16-11)13(21)19-7-5-18(6-8-19)10(2)20/h3-4,9H,5-8H2,1-2H3,(H2,15,17). The van der Waals surface area contributed by atoms with Gasteiger partial charge in [0.15, 0.2) is 17.6 Å². The van der Waals surface area contributed by atoms with E-state index in [2.05, 4.69) is 9.97 Å². The Hall–Kier alpha value is -2.71. The number of nitrogens with zero attached hydrogens (tertiary/aromatic N) is 4. The third-order valence-corrected chi connectivity index (χ3v) is 3.59. The van der Waals surface area contributed by atoms with E-state index in [-0.39, 0.29) is 23.3 Å². The minimum atomic E-state index is -0.965. The lowest BCUT2D eigenvalue weighted by Crippen LogP contribution is -2.52. The molecular weight excluding hydrogens is 302 g/mol. The summed E-state index contributed by atoms with van der Waals surface area (Å²) in [7, 11) is 0. The largest absolute Gasteiger partial charge is 0.448 e. The second-order valence-corrected chi connectivity index (χ2v) is 5.17. The first-order valence-corrected chi connectivity index (χ1v) is 7.22. The highest BCUT2D eigenvalue weighted by Crippen LogP contribution is 2.10. The number of carbonyl (C=O) groups excluding carboxylic acids is 3. The first-order chi connectivity index (χ1) is 10.9. The number of carbonyl (C=O) groups is 3. The molecule has 1 atom stereocenters. The maximum Gasteiger partial charge on any atom is 0.361 e. The molecule has 0 spiro atoms. The van der Waals surface area contributed by atoms with Crippen molar-refractivity contribution in [2.75, 3.05) is 31.9 Å². The molecule has 1 aromatic heterocycles. The summed E-state index contributed by atoms with van der Waals surface area (Å²) in [5.74, 6) is -1.18. The minimum Gasteiger partial charge on any atom is -0.448 e. The molecule has 9 nitrogen and oxygen atoms in total. The second-order valence-electron chi connectivity index (χ2n) is 5.17. The lowest BCUT2D eigenvalue weighted by Gasteiger charge is -2.35. The molecule has 1 aliphatic rings. The van der Waals surface area contributed by atoms with Crippen LogP contribution in [0.5, 0.6) is 0 Å². The van der Waals surface area contributed by atoms with E-state index in [1.807, 2.05) is 0 Å². The van der Waals surface area contributed by atoms with Crippen LogP contribution >= 0.6 is 0 Å². The number of rotatable bonds is 3. The number of hydrogen-bond donors (Lipinski definition) is 1. The van der Waals surface area contributed by atoms with Gasteiger partial charge >= 0.3 is 5.97 Å². The molecule has 124 valence electrons. The zero-order chi connectivity index (χ0) is 17.0. The summed E-state index contributed by atoms with van der Waals surface area (Å²) >= 11 is 0. The average molecular weight is 321 g/mol. The van der Waals surface area contributed by atoms with E-state index in [0.717, 1.165) is 0 Å². The van der Waals surface area contributed by atoms with Gasteiger partial charge in [0.2, 0.25) is 5.91 Å². The third-order valence-electron chi connectivity index (χ3n) is 3.59. The summed E-state index contributed by atoms with van der Waals surface area (Å²) in [5, 5.41) is 0. The molecule has 2 rings (SSSR count). The highest BCUT2D eigenvalue weighted by atomic mass is 16.5. The molecule has 0 saturated carbocycles. The van der Waals surface area contributed by atoms with Crippen molar-refractivity contribution in [3.8, 4) is 0 Å². The molecule has 1 fully saturated rings. The Labute approximate surface area is 133 Å². The fourth-order valence-corrected chi connectivity index (χ4v) is 2.27. The predicted octanol–water partition coefficient (Wildman–Crippen LogP) is -0.705. The van der Waals surface area contributed by atoms with Crippen LogP contribution in [0.25, 0.3) is 0 Å². The maximum atomic E-state index is 12.3. The number of aromatic nitrogens is 2. The van der Waals surface area contributed by atoms with Crippen molar-refractivity contribution < 1.29 is 19.1 Å². The smallest absolute Gasteiger partial charge is 0.361 e. The van der Waals surface area contributed by atoms with Crippen LogP contribution in [0.1, 0.15) is 24.3 Å². The van der Waals surface area contributed by atoms with Crippen molar-refractivity contribution in [3.05, 3.63) is 18.1 Å². The summed E-state index contributed by atoms with van der Waals surface area (Å²) in [5.41, 5.74) is 5.44. The lowest BCUT2D eigenvalue weighted by molar-refractivity contribution is -0.144. The number of nitrogen functional groups attached to an aromatic ring is 1. The Morgan fingerprint density at radius 2 is 1.70 bits per heavy atom. The first-order valence-electron chi connectivity index (χ1n) is 7.22. The van der Waals surface area contributed by atoms with Gasteiger partial charge in [0.1, 0.15) is 0 Å². The van der Waals surface area contributed by atoms with Crippen molar-refractivity contribution >= 4 is 23.6 Å². The van der Waals surface area contributed by atoms with Crippen LogP contribution in [0.4, 0.5) is 5.82 Å². The number of hydrogen-bond acceptors (Lipinski definition) is 7. The molecule has 0 radical (unpaired) electrons. The quantitative estimate of drug-likeness (QED) is 0.731. The second kappa shape index (κ2) is 7.03. The molecule has 1 saturated heterocycles. The van der Waals surface area contributed by atoms with Gasteiger partial charge in [-0.05, 0) is 6.92 Å². The van der Waals surface area contributed by atoms with Crippen molar-refractivity contribution in [3.63, 3.8) is 0 Å². The van der Waals surface area contributed by atoms with Crippen LogP contribution in [0.3, 0.4) is 0 Å². The highest BCUT2D eigenvalue weighted by Gasteiger charge is 2.28. The molecule has 2 heterocycles. The van der Waals surface area contributed by atoms with E-state index in [0.29, 0.717) is 26.2 Å². The Morgan fingerprint density at radius 3 is 2.26 bits per heavy atom. The summed E-state index contributed by atoms with van der Waals surface area (Å²) in [6.07, 6.45) is 1.71. The zero-order valence-corrected chi connectivity index (χ0v) is 13.1. The topological polar surface area (TPSA) is 119 Å². The molecule has 2 amide bonds. The Kier molecular flexibility index (Phi) is 5.09. The number of ether oxygens (including phenoxy) is 1. The first kappa shape index (κ1) is 16.7. The van der Waals surface area contributed by atoms with E-state index in [1.165, 1.54) is 26.2 Å². The molecule has 9 heteroatoms. The SMILES string of the molecule is CC(=O)N1CCN(C(=O)C(C)OC(=O)c2nccnc2N)CC1. The van der Waals surface area contributed by atoms with Crippen LogP contribution in [0.15, 0.2) is 12.4 Å². The summed E-state index contributed by atoms with van der Waals surface area (Å²) in [6, 6.07) is 0. The van der Waals surface area contributed by atoms with Gasteiger partial charge in [-0.1, -0.05) is 0 Å². The van der Waals surface area contributed by atoms with Gasteiger partial charge < -0.3 is 20.3 Å². The number of amides is 2. The van der Waals surface area contributed by atoms with Crippen LogP contribution in [0, 0.1) is 0 Å². The molecular formula is C14H19N5O4. The summed E-state index contributed by atoms with van der Waals surface area (Å²) in [4.78, 5) is 46.3. The van der Waals surface area contributed by atoms with Gasteiger partial charge in [0, 0.05) is 45.5 Å².